The average molecular weight is 356 g/mol. The van der Waals surface area contributed by atoms with E-state index in [-0.39, 0.29) is 6.15 Å². The van der Waals surface area contributed by atoms with E-state index in [1.165, 1.54) is 15.4 Å². The molecule has 106 valence electrons. The van der Waals surface area contributed by atoms with Crippen LogP contribution in [0.5, 0.6) is 5.75 Å². The fourth-order valence-corrected chi connectivity index (χ4v) is 3.22. The van der Waals surface area contributed by atoms with Crippen molar-refractivity contribution in [2.75, 3.05) is 7.11 Å². The van der Waals surface area contributed by atoms with E-state index in [1.54, 1.807) is 18.4 Å². The number of thiazole rings is 1. The Hall–Kier alpha value is -1.49. The van der Waals surface area contributed by atoms with Crippen LogP contribution in [0.25, 0.3) is 10.4 Å². The van der Waals surface area contributed by atoms with Gasteiger partial charge in [-0.25, -0.2) is 4.98 Å². The highest BCUT2D eigenvalue weighted by Gasteiger charge is 2.10. The monoisotopic (exact) mass is 355 g/mol. The average Bonchev–Trinajstić information content (AvgIpc) is 2.81. The van der Waals surface area contributed by atoms with Gasteiger partial charge in [0, 0.05) is 0 Å². The molecule has 2 rings (SSSR count). The first-order valence-corrected chi connectivity index (χ1v) is 7.47. The summed E-state index contributed by atoms with van der Waals surface area (Å²) in [6, 6.07) is 6.13. The highest BCUT2D eigenvalue weighted by molar-refractivity contribution is 9.10. The van der Waals surface area contributed by atoms with E-state index in [9.17, 15) is 0 Å². The van der Waals surface area contributed by atoms with Crippen molar-refractivity contribution >= 4 is 33.4 Å². The standard InChI is InChI=1S/C13H14BrNOS.CO2/c1-4-12-15-8(2)13(17-12)9-5-6-11(16-3)10(14)7-9;2-1-3/h5-7H,4H2,1-3H3;. The van der Waals surface area contributed by atoms with Crippen molar-refractivity contribution < 1.29 is 14.3 Å². The molecule has 1 heterocycles. The van der Waals surface area contributed by atoms with Crippen molar-refractivity contribution in [2.24, 2.45) is 0 Å². The minimum atomic E-state index is 0.250. The molecule has 4 nitrogen and oxygen atoms in total. The minimum absolute atomic E-state index is 0.250. The Kier molecular flexibility index (Phi) is 6.58. The number of halogens is 1. The zero-order valence-corrected chi connectivity index (χ0v) is 13.8. The zero-order valence-electron chi connectivity index (χ0n) is 11.4. The Morgan fingerprint density at radius 2 is 2.05 bits per heavy atom. The highest BCUT2D eigenvalue weighted by atomic mass is 79.9. The molecule has 0 atom stereocenters. The van der Waals surface area contributed by atoms with Gasteiger partial charge in [-0.05, 0) is 53.0 Å². The molecule has 0 aliphatic heterocycles. The van der Waals surface area contributed by atoms with Gasteiger partial charge in [0.1, 0.15) is 5.75 Å². The number of hydrogen-bond acceptors (Lipinski definition) is 5. The molecule has 0 spiro atoms. The third kappa shape index (κ3) is 4.00. The van der Waals surface area contributed by atoms with Crippen LogP contribution in [0, 0.1) is 6.92 Å². The van der Waals surface area contributed by atoms with Gasteiger partial charge in [-0.1, -0.05) is 6.92 Å². The number of hydrogen-bond donors (Lipinski definition) is 0. The SMILES string of the molecule is CCc1nc(C)c(-c2ccc(OC)c(Br)c2)s1.O=C=O. The normalized spacial score (nSPS) is 9.40. The molecule has 0 aliphatic rings. The number of carbonyl (C=O) groups excluding carboxylic acids is 2. The largest absolute Gasteiger partial charge is 0.496 e. The van der Waals surface area contributed by atoms with Gasteiger partial charge in [0.05, 0.1) is 27.2 Å². The first kappa shape index (κ1) is 16.6. The second-order valence-electron chi connectivity index (χ2n) is 3.81. The molecule has 0 radical (unpaired) electrons. The van der Waals surface area contributed by atoms with Gasteiger partial charge in [0.15, 0.2) is 0 Å². The summed E-state index contributed by atoms with van der Waals surface area (Å²) in [6.45, 7) is 4.19. The molecule has 0 unspecified atom stereocenters. The molecule has 0 saturated carbocycles. The van der Waals surface area contributed by atoms with Crippen LogP contribution in [0.15, 0.2) is 22.7 Å². The first-order chi connectivity index (χ1) is 9.57. The number of methoxy groups -OCH3 is 1. The van der Waals surface area contributed by atoms with Crippen LogP contribution in [0.1, 0.15) is 17.6 Å². The first-order valence-electron chi connectivity index (χ1n) is 5.86. The summed E-state index contributed by atoms with van der Waals surface area (Å²) in [6.07, 6.45) is 1.24. The molecule has 0 bridgehead atoms. The number of aromatic nitrogens is 1. The van der Waals surface area contributed by atoms with Crippen molar-refractivity contribution in [3.8, 4) is 16.2 Å². The Balaban J connectivity index is 0.000000612. The van der Waals surface area contributed by atoms with Crippen LogP contribution in [0.4, 0.5) is 0 Å². The van der Waals surface area contributed by atoms with Gasteiger partial charge in [0.2, 0.25) is 0 Å². The molecule has 0 fully saturated rings. The molecule has 1 aromatic carbocycles. The summed E-state index contributed by atoms with van der Waals surface area (Å²) in [4.78, 5) is 22.0. The van der Waals surface area contributed by atoms with Crippen LogP contribution >= 0.6 is 27.3 Å². The van der Waals surface area contributed by atoms with Crippen molar-refractivity contribution in [2.45, 2.75) is 20.3 Å². The van der Waals surface area contributed by atoms with Gasteiger partial charge >= 0.3 is 6.15 Å². The number of nitrogens with zero attached hydrogens (tertiary/aromatic N) is 1. The Morgan fingerprint density at radius 3 is 2.50 bits per heavy atom. The molecule has 1 aromatic heterocycles. The maximum Gasteiger partial charge on any atom is 0.373 e. The summed E-state index contributed by atoms with van der Waals surface area (Å²) in [5.41, 5.74) is 2.29. The lowest BCUT2D eigenvalue weighted by Crippen LogP contribution is -1.85. The molecule has 0 aliphatic carbocycles. The fourth-order valence-electron chi connectivity index (χ4n) is 1.68. The van der Waals surface area contributed by atoms with E-state index in [2.05, 4.69) is 46.9 Å². The number of benzene rings is 1. The van der Waals surface area contributed by atoms with Crippen LogP contribution in [0.3, 0.4) is 0 Å². The Labute approximate surface area is 129 Å². The van der Waals surface area contributed by atoms with E-state index in [0.29, 0.717) is 0 Å². The lowest BCUT2D eigenvalue weighted by molar-refractivity contribution is -0.191. The van der Waals surface area contributed by atoms with Crippen molar-refractivity contribution in [1.29, 1.82) is 0 Å². The van der Waals surface area contributed by atoms with E-state index in [1.807, 2.05) is 6.07 Å². The maximum absolute atomic E-state index is 8.12. The smallest absolute Gasteiger partial charge is 0.373 e. The van der Waals surface area contributed by atoms with Crippen LogP contribution in [0.2, 0.25) is 0 Å². The molecule has 20 heavy (non-hydrogen) atoms. The maximum atomic E-state index is 8.12. The second-order valence-corrected chi connectivity index (χ2v) is 5.75. The molecule has 0 N–H and O–H groups in total. The van der Waals surface area contributed by atoms with Crippen LogP contribution in [-0.4, -0.2) is 18.2 Å². The predicted octanol–water partition coefficient (Wildman–Crippen LogP) is 3.87. The van der Waals surface area contributed by atoms with Crippen molar-refractivity contribution in [1.82, 2.24) is 4.98 Å². The van der Waals surface area contributed by atoms with Crippen LogP contribution in [-0.2, 0) is 16.0 Å². The molecular weight excluding hydrogens is 342 g/mol. The van der Waals surface area contributed by atoms with Crippen molar-refractivity contribution in [3.05, 3.63) is 33.4 Å². The van der Waals surface area contributed by atoms with E-state index in [4.69, 9.17) is 14.3 Å². The Bertz CT molecular complexity index is 619. The van der Waals surface area contributed by atoms with E-state index < -0.39 is 0 Å². The van der Waals surface area contributed by atoms with Gasteiger partial charge in [-0.15, -0.1) is 11.3 Å². The third-order valence-corrected chi connectivity index (χ3v) is 4.53. The van der Waals surface area contributed by atoms with Gasteiger partial charge in [-0.2, -0.15) is 9.59 Å². The predicted molar refractivity (Wildman–Crippen MR) is 80.9 cm³/mol. The summed E-state index contributed by atoms with van der Waals surface area (Å²) in [7, 11) is 1.67. The summed E-state index contributed by atoms with van der Waals surface area (Å²) < 4.78 is 6.21. The number of ether oxygens (including phenoxy) is 1. The van der Waals surface area contributed by atoms with E-state index in [0.717, 1.165) is 22.3 Å². The fraction of sp³-hybridized carbons (Fsp3) is 0.286. The Morgan fingerprint density at radius 1 is 1.40 bits per heavy atom. The van der Waals surface area contributed by atoms with Crippen molar-refractivity contribution in [3.63, 3.8) is 0 Å². The number of aryl methyl sites for hydroxylation is 2. The lowest BCUT2D eigenvalue weighted by atomic mass is 10.1. The molecule has 2 aromatic rings. The molecule has 0 amide bonds. The lowest BCUT2D eigenvalue weighted by Gasteiger charge is -2.05. The van der Waals surface area contributed by atoms with Gasteiger partial charge < -0.3 is 4.74 Å². The van der Waals surface area contributed by atoms with E-state index >= 15 is 0 Å². The highest BCUT2D eigenvalue weighted by Crippen LogP contribution is 2.35. The third-order valence-electron chi connectivity index (χ3n) is 2.56. The molecule has 0 saturated heterocycles. The van der Waals surface area contributed by atoms with Gasteiger partial charge in [0.25, 0.3) is 0 Å². The summed E-state index contributed by atoms with van der Waals surface area (Å²) >= 11 is 5.27. The summed E-state index contributed by atoms with van der Waals surface area (Å²) in [5, 5.41) is 1.18. The zero-order chi connectivity index (χ0) is 15.1. The molecule has 6 heteroatoms. The van der Waals surface area contributed by atoms with Gasteiger partial charge in [-0.3, -0.25) is 0 Å². The topological polar surface area (TPSA) is 56.3 Å². The van der Waals surface area contributed by atoms with Crippen LogP contribution < -0.4 is 4.74 Å². The number of rotatable bonds is 3. The molecular formula is C14H14BrNO3S. The second kappa shape index (κ2) is 7.94. The minimum Gasteiger partial charge on any atom is -0.496 e. The summed E-state index contributed by atoms with van der Waals surface area (Å²) in [5.74, 6) is 0.853. The quantitative estimate of drug-likeness (QED) is 0.838.